The van der Waals surface area contributed by atoms with Gasteiger partial charge in [-0.15, -0.1) is 0 Å². The van der Waals surface area contributed by atoms with Crippen molar-refractivity contribution in [2.24, 2.45) is 0 Å². The Labute approximate surface area is 168 Å². The quantitative estimate of drug-likeness (QED) is 0.812. The second kappa shape index (κ2) is 7.24. The van der Waals surface area contributed by atoms with Crippen molar-refractivity contribution in [3.63, 3.8) is 0 Å². The Bertz CT molecular complexity index is 873. The Morgan fingerprint density at radius 3 is 2.50 bits per heavy atom. The van der Waals surface area contributed by atoms with Crippen LogP contribution in [0.1, 0.15) is 31.2 Å². The fraction of sp³-hybridized carbons (Fsp3) is 0.409. The van der Waals surface area contributed by atoms with Gasteiger partial charge in [-0.1, -0.05) is 18.9 Å². The van der Waals surface area contributed by atoms with E-state index >= 15 is 0 Å². The summed E-state index contributed by atoms with van der Waals surface area (Å²) in [7, 11) is 0. The maximum absolute atomic E-state index is 13.3. The summed E-state index contributed by atoms with van der Waals surface area (Å²) >= 11 is 1.90. The maximum atomic E-state index is 13.3. The molecular formula is C22H23NO4S. The highest BCUT2D eigenvalue weighted by molar-refractivity contribution is 8.00. The number of fused-ring (bicyclic) bond motifs is 1. The summed E-state index contributed by atoms with van der Waals surface area (Å²) in [6, 6.07) is 13.6. The lowest BCUT2D eigenvalue weighted by molar-refractivity contribution is -0.121. The first-order valence-electron chi connectivity index (χ1n) is 9.79. The molecule has 0 atom stereocenters. The lowest BCUT2D eigenvalue weighted by Crippen LogP contribution is -2.38. The van der Waals surface area contributed by atoms with Crippen LogP contribution in [0.3, 0.4) is 0 Å². The van der Waals surface area contributed by atoms with Crippen LogP contribution in [-0.4, -0.2) is 30.3 Å². The van der Waals surface area contributed by atoms with Crippen molar-refractivity contribution in [1.82, 2.24) is 0 Å². The Morgan fingerprint density at radius 2 is 1.79 bits per heavy atom. The van der Waals surface area contributed by atoms with Gasteiger partial charge in [0.25, 0.3) is 0 Å². The summed E-state index contributed by atoms with van der Waals surface area (Å²) in [6.45, 7) is 0.242. The van der Waals surface area contributed by atoms with Crippen molar-refractivity contribution in [1.29, 1.82) is 0 Å². The van der Waals surface area contributed by atoms with E-state index in [0.717, 1.165) is 65.7 Å². The van der Waals surface area contributed by atoms with Crippen molar-refractivity contribution in [3.05, 3.63) is 48.0 Å². The van der Waals surface area contributed by atoms with Crippen molar-refractivity contribution >= 4 is 23.4 Å². The molecule has 1 aliphatic carbocycles. The molecule has 2 aliphatic heterocycles. The zero-order valence-electron chi connectivity index (χ0n) is 15.6. The molecule has 2 fully saturated rings. The van der Waals surface area contributed by atoms with Crippen molar-refractivity contribution < 1.29 is 19.0 Å². The molecule has 0 radical (unpaired) electrons. The van der Waals surface area contributed by atoms with E-state index in [4.69, 9.17) is 14.2 Å². The zero-order chi connectivity index (χ0) is 19.0. The number of carbonyl (C=O) groups is 1. The van der Waals surface area contributed by atoms with Gasteiger partial charge in [-0.3, -0.25) is 4.79 Å². The summed E-state index contributed by atoms with van der Waals surface area (Å²) in [5.41, 5.74) is 1.29. The monoisotopic (exact) mass is 397 g/mol. The van der Waals surface area contributed by atoms with Gasteiger partial charge in [0.15, 0.2) is 11.5 Å². The van der Waals surface area contributed by atoms with E-state index in [1.54, 1.807) is 0 Å². The molecule has 28 heavy (non-hydrogen) atoms. The lowest BCUT2D eigenvalue weighted by atomic mass is 9.77. The van der Waals surface area contributed by atoms with E-state index < -0.39 is 5.41 Å². The zero-order valence-corrected chi connectivity index (χ0v) is 16.4. The third-order valence-electron chi connectivity index (χ3n) is 5.84. The lowest BCUT2D eigenvalue weighted by Gasteiger charge is -2.29. The number of nitrogens with one attached hydrogen (secondary N) is 1. The first-order valence-corrected chi connectivity index (χ1v) is 10.9. The van der Waals surface area contributed by atoms with Gasteiger partial charge in [-0.2, -0.15) is 11.8 Å². The second-order valence-corrected chi connectivity index (χ2v) is 8.69. The van der Waals surface area contributed by atoms with Gasteiger partial charge in [0.1, 0.15) is 11.9 Å². The Kier molecular flexibility index (Phi) is 4.59. The molecule has 0 unspecified atom stereocenters. The summed E-state index contributed by atoms with van der Waals surface area (Å²) < 4.78 is 16.8. The molecule has 1 saturated heterocycles. The summed E-state index contributed by atoms with van der Waals surface area (Å²) in [4.78, 5) is 13.3. The van der Waals surface area contributed by atoms with Gasteiger partial charge in [0, 0.05) is 17.2 Å². The van der Waals surface area contributed by atoms with Crippen LogP contribution < -0.4 is 19.5 Å². The van der Waals surface area contributed by atoms with Crippen LogP contribution in [0.25, 0.3) is 0 Å². The predicted molar refractivity (Wildman–Crippen MR) is 110 cm³/mol. The molecule has 1 saturated carbocycles. The normalized spacial score (nSPS) is 19.9. The third-order valence-corrected chi connectivity index (χ3v) is 7.05. The number of hydrogen-bond donors (Lipinski definition) is 1. The van der Waals surface area contributed by atoms with E-state index in [0.29, 0.717) is 6.10 Å². The van der Waals surface area contributed by atoms with E-state index in [2.05, 4.69) is 5.32 Å². The molecule has 3 aliphatic rings. The second-order valence-electron chi connectivity index (χ2n) is 7.61. The van der Waals surface area contributed by atoms with Gasteiger partial charge in [0.05, 0.1) is 5.41 Å². The first kappa shape index (κ1) is 17.7. The number of benzene rings is 2. The molecule has 6 heteroatoms. The Balaban J connectivity index is 1.34. The number of thioether (sulfide) groups is 1. The standard InChI is InChI=1S/C22H23NO4S/c24-21(23-16-4-6-17(7-5-16)27-18-12-28-13-18)22(9-1-2-10-22)15-3-8-19-20(11-15)26-14-25-19/h3-8,11,18H,1-2,9-10,12-14H2,(H,23,24). The van der Waals surface area contributed by atoms with Gasteiger partial charge < -0.3 is 19.5 Å². The fourth-order valence-electron chi connectivity index (χ4n) is 4.16. The van der Waals surface area contributed by atoms with Gasteiger partial charge in [-0.25, -0.2) is 0 Å². The molecule has 1 N–H and O–H groups in total. The molecule has 0 bridgehead atoms. The number of hydrogen-bond acceptors (Lipinski definition) is 5. The SMILES string of the molecule is O=C(Nc1ccc(OC2CSC2)cc1)C1(c2ccc3c(c2)OCO3)CCCC1. The molecule has 0 aromatic heterocycles. The number of amides is 1. The predicted octanol–water partition coefficient (Wildman–Crippen LogP) is 4.36. The van der Waals surface area contributed by atoms with E-state index in [1.807, 2.05) is 54.2 Å². The number of ether oxygens (including phenoxy) is 3. The van der Waals surface area contributed by atoms with Crippen LogP contribution in [0, 0.1) is 0 Å². The smallest absolute Gasteiger partial charge is 0.235 e. The topological polar surface area (TPSA) is 56.8 Å². The molecule has 2 aromatic carbocycles. The van der Waals surface area contributed by atoms with Crippen molar-refractivity contribution in [3.8, 4) is 17.2 Å². The summed E-state index contributed by atoms with van der Waals surface area (Å²) in [5.74, 6) is 4.49. The van der Waals surface area contributed by atoms with Crippen molar-refractivity contribution in [2.75, 3.05) is 23.6 Å². The molecule has 2 aromatic rings. The maximum Gasteiger partial charge on any atom is 0.235 e. The molecule has 2 heterocycles. The van der Waals surface area contributed by atoms with Crippen LogP contribution >= 0.6 is 11.8 Å². The van der Waals surface area contributed by atoms with Gasteiger partial charge >= 0.3 is 0 Å². The minimum absolute atomic E-state index is 0.0490. The summed E-state index contributed by atoms with van der Waals surface area (Å²) in [6.07, 6.45) is 4.11. The van der Waals surface area contributed by atoms with Crippen LogP contribution in [0.2, 0.25) is 0 Å². The van der Waals surface area contributed by atoms with Gasteiger partial charge in [0.2, 0.25) is 12.7 Å². The minimum Gasteiger partial charge on any atom is -0.489 e. The number of anilines is 1. The first-order chi connectivity index (χ1) is 13.7. The Hall–Kier alpha value is -2.34. The average Bonchev–Trinajstić information content (AvgIpc) is 3.35. The van der Waals surface area contributed by atoms with Crippen LogP contribution in [0.4, 0.5) is 5.69 Å². The average molecular weight is 397 g/mol. The molecule has 0 spiro atoms. The van der Waals surface area contributed by atoms with E-state index in [1.165, 1.54) is 0 Å². The van der Waals surface area contributed by atoms with Gasteiger partial charge in [-0.05, 0) is 54.8 Å². The number of carbonyl (C=O) groups excluding carboxylic acids is 1. The number of rotatable bonds is 5. The highest BCUT2D eigenvalue weighted by atomic mass is 32.2. The highest BCUT2D eigenvalue weighted by Gasteiger charge is 2.43. The highest BCUT2D eigenvalue weighted by Crippen LogP contribution is 2.45. The minimum atomic E-state index is -0.515. The largest absolute Gasteiger partial charge is 0.489 e. The molecule has 5 nitrogen and oxygen atoms in total. The fourth-order valence-corrected chi connectivity index (χ4v) is 4.73. The third kappa shape index (κ3) is 3.20. The van der Waals surface area contributed by atoms with E-state index in [9.17, 15) is 4.79 Å². The van der Waals surface area contributed by atoms with Crippen LogP contribution in [-0.2, 0) is 10.2 Å². The molecule has 1 amide bonds. The summed E-state index contributed by atoms with van der Waals surface area (Å²) in [5, 5.41) is 3.13. The van der Waals surface area contributed by atoms with Crippen LogP contribution in [0.15, 0.2) is 42.5 Å². The molecular weight excluding hydrogens is 374 g/mol. The van der Waals surface area contributed by atoms with E-state index in [-0.39, 0.29) is 12.7 Å². The molecule has 146 valence electrons. The van der Waals surface area contributed by atoms with Crippen LogP contribution in [0.5, 0.6) is 17.2 Å². The Morgan fingerprint density at radius 1 is 1.04 bits per heavy atom. The van der Waals surface area contributed by atoms with Crippen molar-refractivity contribution in [2.45, 2.75) is 37.2 Å². The molecule has 5 rings (SSSR count).